The second-order valence-electron chi connectivity index (χ2n) is 8.00. The summed E-state index contributed by atoms with van der Waals surface area (Å²) in [6.07, 6.45) is 1.81. The Kier molecular flexibility index (Phi) is 7.07. The van der Waals surface area contributed by atoms with Crippen molar-refractivity contribution in [2.45, 2.75) is 18.6 Å². The number of thiazole rings is 1. The Bertz CT molecular complexity index is 1400. The number of aryl methyl sites for hydroxylation is 1. The van der Waals surface area contributed by atoms with Crippen molar-refractivity contribution in [3.8, 4) is 21.7 Å². The van der Waals surface area contributed by atoms with E-state index in [-0.39, 0.29) is 11.7 Å². The monoisotopic (exact) mass is 496 g/mol. The molecule has 0 saturated heterocycles. The molecule has 1 amide bonds. The van der Waals surface area contributed by atoms with Crippen LogP contribution in [0.4, 0.5) is 5.13 Å². The van der Waals surface area contributed by atoms with Gasteiger partial charge in [0.2, 0.25) is 5.91 Å². The van der Waals surface area contributed by atoms with Gasteiger partial charge in [-0.2, -0.15) is 0 Å². The highest BCUT2D eigenvalue weighted by Crippen LogP contribution is 2.35. The molecule has 0 atom stereocenters. The van der Waals surface area contributed by atoms with E-state index in [1.165, 1.54) is 11.8 Å². The largest absolute Gasteiger partial charge is 0.333 e. The molecule has 0 radical (unpaired) electrons. The van der Waals surface area contributed by atoms with E-state index in [2.05, 4.69) is 22.1 Å². The predicted octanol–water partition coefficient (Wildman–Crippen LogP) is 6.83. The molecule has 0 bridgehead atoms. The molecule has 0 aliphatic heterocycles. The summed E-state index contributed by atoms with van der Waals surface area (Å²) >= 11 is 2.96. The van der Waals surface area contributed by atoms with E-state index in [1.54, 1.807) is 22.4 Å². The zero-order chi connectivity index (χ0) is 24.0. The molecule has 0 aliphatic rings. The van der Waals surface area contributed by atoms with E-state index in [0.29, 0.717) is 11.7 Å². The van der Waals surface area contributed by atoms with Crippen LogP contribution in [0.3, 0.4) is 0 Å². The van der Waals surface area contributed by atoms with Crippen LogP contribution in [0.5, 0.6) is 0 Å². The van der Waals surface area contributed by atoms with E-state index < -0.39 is 0 Å². The Morgan fingerprint density at radius 1 is 0.914 bits per heavy atom. The summed E-state index contributed by atoms with van der Waals surface area (Å²) in [6.45, 7) is 2.46. The second kappa shape index (κ2) is 10.7. The first-order valence-corrected chi connectivity index (χ1v) is 13.1. The van der Waals surface area contributed by atoms with Crippen LogP contribution in [-0.2, 0) is 11.3 Å². The summed E-state index contributed by atoms with van der Waals surface area (Å²) in [5.41, 5.74) is 5.09. The fourth-order valence-corrected chi connectivity index (χ4v) is 5.55. The molecule has 2 aromatic heterocycles. The van der Waals surface area contributed by atoms with Crippen molar-refractivity contribution in [2.75, 3.05) is 10.7 Å². The van der Waals surface area contributed by atoms with Crippen molar-refractivity contribution in [3.05, 3.63) is 108 Å². The van der Waals surface area contributed by atoms with Crippen molar-refractivity contribution in [2.24, 2.45) is 0 Å². The summed E-state index contributed by atoms with van der Waals surface area (Å²) in [5.74, 6) is 0.248. The number of H-pyrrole nitrogens is 1. The smallest absolute Gasteiger partial charge is 0.239 e. The molecule has 2 heterocycles. The Labute approximate surface area is 212 Å². The van der Waals surface area contributed by atoms with Crippen molar-refractivity contribution in [1.29, 1.82) is 0 Å². The molecule has 0 saturated carbocycles. The van der Waals surface area contributed by atoms with Gasteiger partial charge in [-0.3, -0.25) is 9.69 Å². The SMILES string of the molecule is Cc1nc(N(Cc2ccccc2)C(=O)CSc2ncc(-c3ccccc3)[nH]2)sc1-c1ccccc1. The highest BCUT2D eigenvalue weighted by molar-refractivity contribution is 7.99. The second-order valence-corrected chi connectivity index (χ2v) is 9.94. The van der Waals surface area contributed by atoms with Crippen LogP contribution in [0.15, 0.2) is 102 Å². The number of carbonyl (C=O) groups excluding carboxylic acids is 1. The van der Waals surface area contributed by atoms with Gasteiger partial charge in [0.15, 0.2) is 10.3 Å². The topological polar surface area (TPSA) is 61.9 Å². The minimum absolute atomic E-state index is 0.00937. The fraction of sp³-hybridized carbons (Fsp3) is 0.107. The first-order valence-electron chi connectivity index (χ1n) is 11.3. The molecular weight excluding hydrogens is 472 g/mol. The molecule has 3 aromatic carbocycles. The third-order valence-electron chi connectivity index (χ3n) is 5.51. The van der Waals surface area contributed by atoms with Gasteiger partial charge in [0.05, 0.1) is 34.8 Å². The predicted molar refractivity (Wildman–Crippen MR) is 145 cm³/mol. The van der Waals surface area contributed by atoms with Crippen LogP contribution in [0.25, 0.3) is 21.7 Å². The van der Waals surface area contributed by atoms with Gasteiger partial charge in [0, 0.05) is 0 Å². The average Bonchev–Trinajstić information content (AvgIpc) is 3.54. The van der Waals surface area contributed by atoms with Crippen LogP contribution >= 0.6 is 23.1 Å². The molecule has 5 aromatic rings. The molecule has 35 heavy (non-hydrogen) atoms. The fourth-order valence-electron chi connectivity index (χ4n) is 3.73. The quantitative estimate of drug-likeness (QED) is 0.239. The normalized spacial score (nSPS) is 10.9. The van der Waals surface area contributed by atoms with Gasteiger partial charge in [-0.1, -0.05) is 114 Å². The van der Waals surface area contributed by atoms with Crippen molar-refractivity contribution in [3.63, 3.8) is 0 Å². The minimum atomic E-state index is -0.00937. The van der Waals surface area contributed by atoms with Crippen molar-refractivity contribution < 1.29 is 4.79 Å². The minimum Gasteiger partial charge on any atom is -0.333 e. The number of aromatic amines is 1. The number of imidazole rings is 1. The maximum atomic E-state index is 13.5. The lowest BCUT2D eigenvalue weighted by atomic mass is 10.2. The lowest BCUT2D eigenvalue weighted by Crippen LogP contribution is -2.31. The molecule has 0 fully saturated rings. The summed E-state index contributed by atoms with van der Waals surface area (Å²) in [7, 11) is 0. The maximum absolute atomic E-state index is 13.5. The number of nitrogens with zero attached hydrogens (tertiary/aromatic N) is 3. The summed E-state index contributed by atoms with van der Waals surface area (Å²) < 4.78 is 0. The van der Waals surface area contributed by atoms with Crippen LogP contribution < -0.4 is 4.90 Å². The first kappa shape index (κ1) is 23.1. The van der Waals surface area contributed by atoms with Gasteiger partial charge < -0.3 is 4.98 Å². The standard InChI is InChI=1S/C28H24N4OS2/c1-20-26(23-15-9-4-10-16-23)35-28(30-20)32(18-21-11-5-2-6-12-21)25(33)19-34-27-29-17-24(31-27)22-13-7-3-8-14-22/h2-17H,18-19H2,1H3,(H,29,31). The zero-order valence-corrected chi connectivity index (χ0v) is 20.9. The van der Waals surface area contributed by atoms with Gasteiger partial charge >= 0.3 is 0 Å². The van der Waals surface area contributed by atoms with E-state index in [1.807, 2.05) is 85.8 Å². The molecule has 174 valence electrons. The number of thioether (sulfide) groups is 1. The first-order chi connectivity index (χ1) is 17.2. The maximum Gasteiger partial charge on any atom is 0.239 e. The number of aromatic nitrogens is 3. The number of nitrogens with one attached hydrogen (secondary N) is 1. The Morgan fingerprint density at radius 3 is 2.23 bits per heavy atom. The molecule has 7 heteroatoms. The highest BCUT2D eigenvalue weighted by Gasteiger charge is 2.22. The molecule has 0 unspecified atom stereocenters. The molecule has 5 nitrogen and oxygen atoms in total. The Hall–Kier alpha value is -3.68. The molecule has 0 aliphatic carbocycles. The number of carbonyl (C=O) groups is 1. The van der Waals surface area contributed by atoms with Gasteiger partial charge in [-0.25, -0.2) is 9.97 Å². The van der Waals surface area contributed by atoms with Crippen LogP contribution in [-0.4, -0.2) is 26.6 Å². The number of rotatable bonds is 8. The van der Waals surface area contributed by atoms with Crippen LogP contribution in [0.2, 0.25) is 0 Å². The van der Waals surface area contributed by atoms with Crippen molar-refractivity contribution in [1.82, 2.24) is 15.0 Å². The Balaban J connectivity index is 1.37. The summed E-state index contributed by atoms with van der Waals surface area (Å²) in [5, 5.41) is 1.43. The lowest BCUT2D eigenvalue weighted by molar-refractivity contribution is -0.116. The van der Waals surface area contributed by atoms with Gasteiger partial charge in [0.1, 0.15) is 0 Å². The molecule has 5 rings (SSSR count). The number of benzene rings is 3. The summed E-state index contributed by atoms with van der Waals surface area (Å²) in [4.78, 5) is 28.9. The van der Waals surface area contributed by atoms with Gasteiger partial charge in [0.25, 0.3) is 0 Å². The van der Waals surface area contributed by atoms with E-state index in [0.717, 1.165) is 38.1 Å². The summed E-state index contributed by atoms with van der Waals surface area (Å²) in [6, 6.07) is 30.2. The van der Waals surface area contributed by atoms with Crippen LogP contribution in [0.1, 0.15) is 11.3 Å². The molecule has 0 spiro atoms. The zero-order valence-electron chi connectivity index (χ0n) is 19.2. The van der Waals surface area contributed by atoms with Gasteiger partial charge in [-0.15, -0.1) is 0 Å². The number of amides is 1. The third-order valence-corrected chi connectivity index (χ3v) is 7.61. The lowest BCUT2D eigenvalue weighted by Gasteiger charge is -2.19. The van der Waals surface area contributed by atoms with E-state index in [9.17, 15) is 4.79 Å². The van der Waals surface area contributed by atoms with E-state index in [4.69, 9.17) is 4.98 Å². The number of hydrogen-bond acceptors (Lipinski definition) is 5. The van der Waals surface area contributed by atoms with Gasteiger partial charge in [-0.05, 0) is 23.6 Å². The average molecular weight is 497 g/mol. The third kappa shape index (κ3) is 5.53. The highest BCUT2D eigenvalue weighted by atomic mass is 32.2. The Morgan fingerprint density at radius 2 is 1.54 bits per heavy atom. The van der Waals surface area contributed by atoms with E-state index >= 15 is 0 Å². The van der Waals surface area contributed by atoms with Crippen molar-refractivity contribution >= 4 is 34.1 Å². The molecule has 1 N–H and O–H groups in total. The van der Waals surface area contributed by atoms with Crippen LogP contribution in [0, 0.1) is 6.92 Å². The number of hydrogen-bond donors (Lipinski definition) is 1. The number of anilines is 1. The molecular formula is C28H24N4OS2.